The first-order chi connectivity index (χ1) is 17.3. The second-order valence-electron chi connectivity index (χ2n) is 9.09. The molecule has 36 heavy (non-hydrogen) atoms. The highest BCUT2D eigenvalue weighted by Gasteiger charge is 2.25. The van der Waals surface area contributed by atoms with Crippen molar-refractivity contribution in [2.24, 2.45) is 14.1 Å². The Morgan fingerprint density at radius 3 is 2.44 bits per heavy atom. The van der Waals surface area contributed by atoms with Gasteiger partial charge in [-0.2, -0.15) is 5.10 Å². The summed E-state index contributed by atoms with van der Waals surface area (Å²) in [4.78, 5) is 35.6. The van der Waals surface area contributed by atoms with E-state index in [-0.39, 0.29) is 11.8 Å². The minimum absolute atomic E-state index is 0.0459. The highest BCUT2D eigenvalue weighted by molar-refractivity contribution is 6.08. The Kier molecular flexibility index (Phi) is 5.79. The van der Waals surface area contributed by atoms with Crippen LogP contribution in [0.3, 0.4) is 0 Å². The lowest BCUT2D eigenvalue weighted by atomic mass is 9.99. The predicted octanol–water partition coefficient (Wildman–Crippen LogP) is 3.37. The first kappa shape index (κ1) is 23.3. The monoisotopic (exact) mass is 484 g/mol. The van der Waals surface area contributed by atoms with Crippen LogP contribution in [0.15, 0.2) is 48.8 Å². The van der Waals surface area contributed by atoms with E-state index in [2.05, 4.69) is 27.0 Å². The average molecular weight is 485 g/mol. The predicted molar refractivity (Wildman–Crippen MR) is 139 cm³/mol. The Hall–Kier alpha value is -4.47. The van der Waals surface area contributed by atoms with Crippen molar-refractivity contribution in [2.75, 3.05) is 24.1 Å². The van der Waals surface area contributed by atoms with Crippen LogP contribution in [-0.2, 0) is 18.9 Å². The van der Waals surface area contributed by atoms with Gasteiger partial charge in [-0.15, -0.1) is 0 Å². The fraction of sp³-hybridized carbons (Fsp3) is 0.269. The van der Waals surface area contributed by atoms with Crippen molar-refractivity contribution in [3.05, 3.63) is 54.4 Å². The van der Waals surface area contributed by atoms with Crippen molar-refractivity contribution in [1.82, 2.24) is 29.2 Å². The van der Waals surface area contributed by atoms with Crippen molar-refractivity contribution in [2.45, 2.75) is 19.8 Å². The van der Waals surface area contributed by atoms with Gasteiger partial charge in [0.15, 0.2) is 5.82 Å². The maximum Gasteiger partial charge on any atom is 0.253 e. The maximum atomic E-state index is 12.9. The van der Waals surface area contributed by atoms with Gasteiger partial charge in [-0.3, -0.25) is 14.3 Å². The van der Waals surface area contributed by atoms with Gasteiger partial charge < -0.3 is 20.5 Å². The molecule has 3 aromatic heterocycles. The number of amides is 2. The Bertz CT molecular complexity index is 1510. The van der Waals surface area contributed by atoms with Crippen LogP contribution in [0.4, 0.5) is 11.6 Å². The first-order valence-electron chi connectivity index (χ1n) is 11.8. The molecule has 1 fully saturated rings. The van der Waals surface area contributed by atoms with Gasteiger partial charge in [0, 0.05) is 50.0 Å². The molecule has 0 saturated carbocycles. The fourth-order valence-corrected chi connectivity index (χ4v) is 4.71. The third-order valence-corrected chi connectivity index (χ3v) is 6.56. The van der Waals surface area contributed by atoms with E-state index >= 15 is 0 Å². The van der Waals surface area contributed by atoms with Gasteiger partial charge in [0.25, 0.3) is 11.8 Å². The summed E-state index contributed by atoms with van der Waals surface area (Å²) in [5, 5.41) is 7.95. The van der Waals surface area contributed by atoms with Crippen molar-refractivity contribution in [3.63, 3.8) is 0 Å². The molecule has 1 saturated heterocycles. The second kappa shape index (κ2) is 8.95. The number of nitrogen functional groups attached to an aromatic ring is 1. The number of carbonyl (C=O) groups excluding carboxylic acids is 2. The molecule has 4 heterocycles. The fourth-order valence-electron chi connectivity index (χ4n) is 4.71. The number of benzene rings is 1. The number of carbonyl (C=O) groups is 2. The molecule has 2 amide bonds. The number of nitrogens with two attached hydrogens (primary N) is 1. The summed E-state index contributed by atoms with van der Waals surface area (Å²) in [6.45, 7) is 6.92. The molecule has 0 bridgehead atoms. The van der Waals surface area contributed by atoms with Crippen molar-refractivity contribution >= 4 is 34.5 Å². The van der Waals surface area contributed by atoms with E-state index in [1.54, 1.807) is 24.7 Å². The van der Waals surface area contributed by atoms with E-state index in [9.17, 15) is 9.59 Å². The van der Waals surface area contributed by atoms with E-state index in [0.717, 1.165) is 48.4 Å². The molecule has 5 rings (SSSR count). The molecular formula is C26H28N8O2. The summed E-state index contributed by atoms with van der Waals surface area (Å²) in [5.41, 5.74) is 11.3. The van der Waals surface area contributed by atoms with Gasteiger partial charge in [-0.1, -0.05) is 18.7 Å². The summed E-state index contributed by atoms with van der Waals surface area (Å²) >= 11 is 0. The lowest BCUT2D eigenvalue weighted by molar-refractivity contribution is -0.112. The standard InChI is InChI=1S/C26H28N8O2/c1-15(2)25(35)30-19-13-18(33(4)31-19)22-20(21-23(27)28-14-29-24(21)32(22)3)16-7-9-17(10-8-16)26(36)34-11-5-6-12-34/h7-10,13-14H,1,5-6,11-12H2,2-4H3,(H2,27,28,29)(H,30,31,35). The Morgan fingerprint density at radius 1 is 1.08 bits per heavy atom. The van der Waals surface area contributed by atoms with Crippen molar-refractivity contribution < 1.29 is 9.59 Å². The molecule has 0 spiro atoms. The summed E-state index contributed by atoms with van der Waals surface area (Å²) < 4.78 is 3.63. The molecule has 3 N–H and O–H groups in total. The van der Waals surface area contributed by atoms with Crippen molar-refractivity contribution in [1.29, 1.82) is 0 Å². The Morgan fingerprint density at radius 2 is 1.78 bits per heavy atom. The number of hydrogen-bond donors (Lipinski definition) is 2. The Balaban J connectivity index is 1.64. The van der Waals surface area contributed by atoms with Gasteiger partial charge in [-0.25, -0.2) is 9.97 Å². The lowest BCUT2D eigenvalue weighted by Crippen LogP contribution is -2.27. The number of hydrogen-bond acceptors (Lipinski definition) is 6. The number of fused-ring (bicyclic) bond motifs is 1. The molecule has 1 aromatic carbocycles. The molecule has 0 radical (unpaired) electrons. The summed E-state index contributed by atoms with van der Waals surface area (Å²) in [6.07, 6.45) is 3.52. The summed E-state index contributed by atoms with van der Waals surface area (Å²) in [6, 6.07) is 9.34. The molecule has 0 atom stereocenters. The topological polar surface area (TPSA) is 124 Å². The average Bonchev–Trinajstić information content (AvgIpc) is 3.58. The summed E-state index contributed by atoms with van der Waals surface area (Å²) in [7, 11) is 3.71. The minimum Gasteiger partial charge on any atom is -0.383 e. The van der Waals surface area contributed by atoms with Gasteiger partial charge in [0.05, 0.1) is 16.8 Å². The number of aryl methyl sites for hydroxylation is 2. The third-order valence-electron chi connectivity index (χ3n) is 6.56. The zero-order chi connectivity index (χ0) is 25.6. The number of nitrogens with zero attached hydrogens (tertiary/aromatic N) is 6. The third kappa shape index (κ3) is 3.90. The number of aromatic nitrogens is 5. The molecule has 1 aliphatic heterocycles. The minimum atomic E-state index is -0.301. The molecule has 10 nitrogen and oxygen atoms in total. The van der Waals surface area contributed by atoms with Crippen LogP contribution in [0.5, 0.6) is 0 Å². The molecule has 10 heteroatoms. The largest absolute Gasteiger partial charge is 0.383 e. The van der Waals surface area contributed by atoms with Crippen LogP contribution >= 0.6 is 0 Å². The number of likely N-dealkylation sites (tertiary alicyclic amines) is 1. The van der Waals surface area contributed by atoms with Crippen LogP contribution < -0.4 is 11.1 Å². The zero-order valence-corrected chi connectivity index (χ0v) is 20.6. The zero-order valence-electron chi connectivity index (χ0n) is 20.6. The molecule has 0 aliphatic carbocycles. The van der Waals surface area contributed by atoms with Crippen LogP contribution in [0.2, 0.25) is 0 Å². The molecule has 0 unspecified atom stereocenters. The summed E-state index contributed by atoms with van der Waals surface area (Å²) in [5.74, 6) is 0.504. The van der Waals surface area contributed by atoms with Gasteiger partial charge >= 0.3 is 0 Å². The highest BCUT2D eigenvalue weighted by atomic mass is 16.2. The maximum absolute atomic E-state index is 12.9. The quantitative estimate of drug-likeness (QED) is 0.419. The number of nitrogens with one attached hydrogen (secondary N) is 1. The van der Waals surface area contributed by atoms with Crippen LogP contribution in [0.25, 0.3) is 33.5 Å². The van der Waals surface area contributed by atoms with Gasteiger partial charge in [0.2, 0.25) is 0 Å². The van der Waals surface area contributed by atoms with Crippen molar-refractivity contribution in [3.8, 4) is 22.5 Å². The SMILES string of the molecule is C=C(C)C(=O)Nc1cc(-c2c(-c3ccc(C(=O)N4CCCC4)cc3)c3c(N)ncnc3n2C)n(C)n1. The van der Waals surface area contributed by atoms with Gasteiger partial charge in [0.1, 0.15) is 17.8 Å². The highest BCUT2D eigenvalue weighted by Crippen LogP contribution is 2.42. The normalized spacial score (nSPS) is 13.4. The van der Waals surface area contributed by atoms with E-state index in [0.29, 0.717) is 33.8 Å². The number of rotatable bonds is 5. The lowest BCUT2D eigenvalue weighted by Gasteiger charge is -2.15. The smallest absolute Gasteiger partial charge is 0.253 e. The van der Waals surface area contributed by atoms with Crippen LogP contribution in [0.1, 0.15) is 30.1 Å². The van der Waals surface area contributed by atoms with E-state index in [1.165, 1.54) is 6.33 Å². The molecular weight excluding hydrogens is 456 g/mol. The van der Waals surface area contributed by atoms with E-state index < -0.39 is 0 Å². The molecule has 4 aromatic rings. The van der Waals surface area contributed by atoms with Crippen LogP contribution in [0, 0.1) is 0 Å². The number of anilines is 2. The first-order valence-corrected chi connectivity index (χ1v) is 11.8. The molecule has 184 valence electrons. The Labute approximate surface area is 208 Å². The molecule has 1 aliphatic rings. The van der Waals surface area contributed by atoms with E-state index in [1.807, 2.05) is 40.8 Å². The van der Waals surface area contributed by atoms with E-state index in [4.69, 9.17) is 5.73 Å². The second-order valence-corrected chi connectivity index (χ2v) is 9.09. The van der Waals surface area contributed by atoms with Gasteiger partial charge in [-0.05, 0) is 37.5 Å². The van der Waals surface area contributed by atoms with Crippen LogP contribution in [-0.4, -0.2) is 54.1 Å².